The zero-order valence-electron chi connectivity index (χ0n) is 10.1. The number of carbonyl (C=O) groups is 1. The highest BCUT2D eigenvalue weighted by molar-refractivity contribution is 5.76. The van der Waals surface area contributed by atoms with E-state index < -0.39 is 0 Å². The molecule has 2 atom stereocenters. The topological polar surface area (TPSA) is 17.1 Å². The highest BCUT2D eigenvalue weighted by Gasteiger charge is 2.39. The van der Waals surface area contributed by atoms with Crippen molar-refractivity contribution < 1.29 is 4.79 Å². The largest absolute Gasteiger partial charge is 0.302 e. The van der Waals surface area contributed by atoms with Crippen molar-refractivity contribution in [2.75, 3.05) is 0 Å². The highest BCUT2D eigenvalue weighted by atomic mass is 16.1. The van der Waals surface area contributed by atoms with Crippen LogP contribution in [-0.2, 0) is 10.2 Å². The third-order valence-corrected chi connectivity index (χ3v) is 3.68. The van der Waals surface area contributed by atoms with Gasteiger partial charge in [-0.15, -0.1) is 0 Å². The SMILES string of the molecule is CC(C)[C@H]1C=Cc2ccccc2[C@@]1(C)C=O. The summed E-state index contributed by atoms with van der Waals surface area (Å²) < 4.78 is 0. The normalized spacial score (nSPS) is 27.9. The number of fused-ring (bicyclic) bond motifs is 1. The summed E-state index contributed by atoms with van der Waals surface area (Å²) in [5.74, 6) is 0.764. The molecule has 1 aromatic rings. The van der Waals surface area contributed by atoms with Gasteiger partial charge >= 0.3 is 0 Å². The Morgan fingerprint density at radius 1 is 1.31 bits per heavy atom. The summed E-state index contributed by atoms with van der Waals surface area (Å²) in [6.45, 7) is 6.39. The Balaban J connectivity index is 2.59. The summed E-state index contributed by atoms with van der Waals surface area (Å²) in [6, 6.07) is 8.17. The van der Waals surface area contributed by atoms with E-state index in [9.17, 15) is 4.79 Å². The fourth-order valence-electron chi connectivity index (χ4n) is 2.78. The lowest BCUT2D eigenvalue weighted by molar-refractivity contribution is -0.113. The van der Waals surface area contributed by atoms with Gasteiger partial charge in [0.05, 0.1) is 5.41 Å². The molecule has 0 aromatic heterocycles. The molecule has 0 bridgehead atoms. The molecule has 2 rings (SSSR count). The van der Waals surface area contributed by atoms with Gasteiger partial charge in [-0.2, -0.15) is 0 Å². The maximum absolute atomic E-state index is 11.5. The Labute approximate surface area is 97.2 Å². The molecule has 1 aliphatic rings. The molecular formula is C15H18O. The maximum Gasteiger partial charge on any atom is 0.130 e. The van der Waals surface area contributed by atoms with E-state index in [1.807, 2.05) is 19.1 Å². The van der Waals surface area contributed by atoms with Crippen LogP contribution in [-0.4, -0.2) is 6.29 Å². The smallest absolute Gasteiger partial charge is 0.130 e. The molecule has 1 aliphatic carbocycles. The first kappa shape index (κ1) is 11.1. The summed E-state index contributed by atoms with van der Waals surface area (Å²) in [5, 5.41) is 0. The molecular weight excluding hydrogens is 196 g/mol. The molecule has 84 valence electrons. The van der Waals surface area contributed by atoms with Crippen LogP contribution in [0.25, 0.3) is 6.08 Å². The summed E-state index contributed by atoms with van der Waals surface area (Å²) in [5.41, 5.74) is 1.96. The van der Waals surface area contributed by atoms with Crippen LogP contribution in [0, 0.1) is 11.8 Å². The van der Waals surface area contributed by atoms with E-state index in [4.69, 9.17) is 0 Å². The van der Waals surface area contributed by atoms with Gasteiger partial charge < -0.3 is 4.79 Å². The summed E-state index contributed by atoms with van der Waals surface area (Å²) in [4.78, 5) is 11.5. The number of aldehydes is 1. The van der Waals surface area contributed by atoms with Gasteiger partial charge in [0.15, 0.2) is 0 Å². The van der Waals surface area contributed by atoms with Crippen molar-refractivity contribution >= 4 is 12.4 Å². The minimum absolute atomic E-state index is 0.292. The van der Waals surface area contributed by atoms with E-state index >= 15 is 0 Å². The van der Waals surface area contributed by atoms with Crippen molar-refractivity contribution in [3.8, 4) is 0 Å². The third kappa shape index (κ3) is 1.51. The van der Waals surface area contributed by atoms with Gasteiger partial charge in [-0.1, -0.05) is 50.3 Å². The average Bonchev–Trinajstić information content (AvgIpc) is 2.29. The summed E-state index contributed by atoms with van der Waals surface area (Å²) in [7, 11) is 0. The molecule has 0 saturated carbocycles. The number of carbonyl (C=O) groups excluding carboxylic acids is 1. The molecule has 0 spiro atoms. The molecule has 1 aromatic carbocycles. The van der Waals surface area contributed by atoms with Gasteiger partial charge in [-0.25, -0.2) is 0 Å². The molecule has 0 heterocycles. The predicted octanol–water partition coefficient (Wildman–Crippen LogP) is 3.44. The van der Waals surface area contributed by atoms with Crippen molar-refractivity contribution in [1.29, 1.82) is 0 Å². The average molecular weight is 214 g/mol. The Morgan fingerprint density at radius 3 is 2.62 bits per heavy atom. The van der Waals surface area contributed by atoms with Gasteiger partial charge in [0.1, 0.15) is 6.29 Å². The van der Waals surface area contributed by atoms with Gasteiger partial charge in [-0.3, -0.25) is 0 Å². The van der Waals surface area contributed by atoms with E-state index in [0.29, 0.717) is 11.8 Å². The van der Waals surface area contributed by atoms with Gasteiger partial charge in [-0.05, 0) is 29.9 Å². The second-order valence-corrected chi connectivity index (χ2v) is 5.12. The highest BCUT2D eigenvalue weighted by Crippen LogP contribution is 2.41. The van der Waals surface area contributed by atoms with Crippen LogP contribution in [0.15, 0.2) is 30.3 Å². The molecule has 0 fully saturated rings. The lowest BCUT2D eigenvalue weighted by atomic mass is 9.64. The van der Waals surface area contributed by atoms with Gasteiger partial charge in [0, 0.05) is 0 Å². The Morgan fingerprint density at radius 2 is 2.00 bits per heavy atom. The van der Waals surface area contributed by atoms with Crippen molar-refractivity contribution in [3.05, 3.63) is 41.5 Å². The van der Waals surface area contributed by atoms with E-state index in [1.165, 1.54) is 5.56 Å². The molecule has 1 nitrogen and oxygen atoms in total. The second kappa shape index (κ2) is 3.89. The monoisotopic (exact) mass is 214 g/mol. The van der Waals surface area contributed by atoms with Gasteiger partial charge in [0.2, 0.25) is 0 Å². The lowest BCUT2D eigenvalue weighted by Crippen LogP contribution is -2.38. The van der Waals surface area contributed by atoms with Crippen molar-refractivity contribution in [2.24, 2.45) is 11.8 Å². The molecule has 0 unspecified atom stereocenters. The third-order valence-electron chi connectivity index (χ3n) is 3.68. The first-order chi connectivity index (χ1) is 7.59. The minimum atomic E-state index is -0.375. The first-order valence-corrected chi connectivity index (χ1v) is 5.83. The number of hydrogen-bond donors (Lipinski definition) is 0. The van der Waals surface area contributed by atoms with Crippen LogP contribution in [0.1, 0.15) is 31.9 Å². The van der Waals surface area contributed by atoms with Crippen LogP contribution in [0.2, 0.25) is 0 Å². The Kier molecular flexibility index (Phi) is 2.71. The molecule has 16 heavy (non-hydrogen) atoms. The maximum atomic E-state index is 11.5. The summed E-state index contributed by atoms with van der Waals surface area (Å²) >= 11 is 0. The molecule has 0 saturated heterocycles. The zero-order valence-corrected chi connectivity index (χ0v) is 10.1. The Hall–Kier alpha value is -1.37. The Bertz CT molecular complexity index is 431. The molecule has 0 N–H and O–H groups in total. The first-order valence-electron chi connectivity index (χ1n) is 5.83. The number of hydrogen-bond acceptors (Lipinski definition) is 1. The molecule has 0 amide bonds. The van der Waals surface area contributed by atoms with Crippen molar-refractivity contribution in [2.45, 2.75) is 26.2 Å². The minimum Gasteiger partial charge on any atom is -0.302 e. The van der Waals surface area contributed by atoms with E-state index in [1.54, 1.807) is 0 Å². The van der Waals surface area contributed by atoms with Crippen LogP contribution < -0.4 is 0 Å². The van der Waals surface area contributed by atoms with Crippen molar-refractivity contribution in [3.63, 3.8) is 0 Å². The van der Waals surface area contributed by atoms with E-state index in [0.717, 1.165) is 11.8 Å². The predicted molar refractivity (Wildman–Crippen MR) is 67.2 cm³/mol. The molecule has 0 radical (unpaired) electrons. The van der Waals surface area contributed by atoms with Crippen LogP contribution in [0.5, 0.6) is 0 Å². The second-order valence-electron chi connectivity index (χ2n) is 5.12. The summed E-state index contributed by atoms with van der Waals surface area (Å²) in [6.07, 6.45) is 5.44. The van der Waals surface area contributed by atoms with Crippen LogP contribution in [0.4, 0.5) is 0 Å². The van der Waals surface area contributed by atoms with Crippen molar-refractivity contribution in [1.82, 2.24) is 0 Å². The van der Waals surface area contributed by atoms with E-state index in [2.05, 4.69) is 38.1 Å². The number of allylic oxidation sites excluding steroid dienone is 1. The van der Waals surface area contributed by atoms with Crippen LogP contribution in [0.3, 0.4) is 0 Å². The van der Waals surface area contributed by atoms with Gasteiger partial charge in [0.25, 0.3) is 0 Å². The lowest BCUT2D eigenvalue weighted by Gasteiger charge is -2.38. The standard InChI is InChI=1S/C15H18O/c1-11(2)13-9-8-12-6-4-5-7-14(12)15(13,3)10-16/h4-11,13H,1-3H3/t13-,15+/m1/s1. The number of rotatable bonds is 2. The molecule has 0 aliphatic heterocycles. The number of benzene rings is 1. The fraction of sp³-hybridized carbons (Fsp3) is 0.400. The fourth-order valence-corrected chi connectivity index (χ4v) is 2.78. The molecule has 1 heteroatoms. The van der Waals surface area contributed by atoms with Crippen LogP contribution >= 0.6 is 0 Å². The quantitative estimate of drug-likeness (QED) is 0.689. The zero-order chi connectivity index (χ0) is 11.8. The van der Waals surface area contributed by atoms with E-state index in [-0.39, 0.29) is 5.41 Å².